The SMILES string of the molecule is CN(C)c1ccc(/C=C/C=C/c2cc(-c3ccccc3)[s+]c3ccccc23)cc1. The molecule has 0 unspecified atom stereocenters. The maximum absolute atomic E-state index is 2.29. The van der Waals surface area contributed by atoms with Crippen molar-refractivity contribution in [1.82, 2.24) is 0 Å². The van der Waals surface area contributed by atoms with Crippen LogP contribution in [0, 0.1) is 0 Å². The minimum absolute atomic E-state index is 1.20. The fourth-order valence-corrected chi connectivity index (χ4v) is 4.37. The number of hydrogen-bond acceptors (Lipinski definition) is 1. The van der Waals surface area contributed by atoms with Crippen LogP contribution in [-0.2, 0) is 0 Å². The molecule has 1 nitrogen and oxygen atoms in total. The predicted octanol–water partition coefficient (Wildman–Crippen LogP) is 7.64. The topological polar surface area (TPSA) is 3.24 Å². The first-order valence-corrected chi connectivity index (χ1v) is 10.6. The third-order valence-corrected chi connectivity index (χ3v) is 6.00. The fourth-order valence-electron chi connectivity index (χ4n) is 3.25. The highest BCUT2D eigenvalue weighted by atomic mass is 32.1. The van der Waals surface area contributed by atoms with E-state index in [1.54, 1.807) is 0 Å². The first-order valence-electron chi connectivity index (χ1n) is 9.74. The first kappa shape index (κ1) is 19.1. The summed E-state index contributed by atoms with van der Waals surface area (Å²) in [6.07, 6.45) is 8.58. The smallest absolute Gasteiger partial charge is 0.239 e. The molecule has 1 heterocycles. The van der Waals surface area contributed by atoms with Gasteiger partial charge in [-0.25, -0.2) is 0 Å². The Labute approximate surface area is 176 Å². The predicted molar refractivity (Wildman–Crippen MR) is 131 cm³/mol. The molecular weight excluding hydrogens is 370 g/mol. The van der Waals surface area contributed by atoms with Gasteiger partial charge in [-0.2, -0.15) is 0 Å². The van der Waals surface area contributed by atoms with Gasteiger partial charge in [-0.15, -0.1) is 0 Å². The molecular formula is C27H24NS+. The molecule has 0 aliphatic rings. The van der Waals surface area contributed by atoms with Gasteiger partial charge in [-0.05, 0) is 41.5 Å². The molecule has 0 atom stereocenters. The summed E-state index contributed by atoms with van der Waals surface area (Å²) in [4.78, 5) is 3.39. The Bertz CT molecular complexity index is 1160. The molecule has 0 saturated heterocycles. The van der Waals surface area contributed by atoms with Crippen LogP contribution in [0.5, 0.6) is 0 Å². The van der Waals surface area contributed by atoms with Gasteiger partial charge in [0.2, 0.25) is 20.9 Å². The molecule has 2 heteroatoms. The molecule has 0 radical (unpaired) electrons. The largest absolute Gasteiger partial charge is 0.378 e. The minimum Gasteiger partial charge on any atom is -0.378 e. The molecule has 142 valence electrons. The van der Waals surface area contributed by atoms with E-state index in [0.29, 0.717) is 0 Å². The summed E-state index contributed by atoms with van der Waals surface area (Å²) in [5.74, 6) is 0. The van der Waals surface area contributed by atoms with Crippen LogP contribution in [0.1, 0.15) is 11.1 Å². The van der Waals surface area contributed by atoms with Crippen molar-refractivity contribution in [2.45, 2.75) is 0 Å². The second kappa shape index (κ2) is 8.85. The van der Waals surface area contributed by atoms with Crippen LogP contribution in [0.25, 0.3) is 32.7 Å². The second-order valence-corrected chi connectivity index (χ2v) is 8.22. The second-order valence-electron chi connectivity index (χ2n) is 7.13. The minimum atomic E-state index is 1.20. The maximum atomic E-state index is 2.29. The van der Waals surface area contributed by atoms with Crippen LogP contribution in [-0.4, -0.2) is 14.1 Å². The molecule has 3 aromatic carbocycles. The van der Waals surface area contributed by atoms with Crippen molar-refractivity contribution in [1.29, 1.82) is 0 Å². The third kappa shape index (κ3) is 4.61. The van der Waals surface area contributed by atoms with E-state index in [4.69, 9.17) is 0 Å². The Morgan fingerprint density at radius 3 is 2.17 bits per heavy atom. The Kier molecular flexibility index (Phi) is 5.83. The van der Waals surface area contributed by atoms with E-state index < -0.39 is 0 Å². The maximum Gasteiger partial charge on any atom is 0.239 e. The average Bonchev–Trinajstić information content (AvgIpc) is 2.77. The molecule has 0 aliphatic carbocycles. The standard InChI is InChI=1S/C27H24NS/c1-28(2)24-18-16-21(17-19-24)10-6-7-13-23-20-27(22-11-4-3-5-12-22)29-26-15-9-8-14-25(23)26/h3-20H,1-2H3/q+1/b10-6+,13-7+. The number of fused-ring (bicyclic) bond motifs is 1. The highest BCUT2D eigenvalue weighted by Crippen LogP contribution is 2.33. The van der Waals surface area contributed by atoms with E-state index in [2.05, 4.69) is 128 Å². The van der Waals surface area contributed by atoms with E-state index in [0.717, 1.165) is 0 Å². The van der Waals surface area contributed by atoms with Gasteiger partial charge in [0.05, 0.1) is 0 Å². The quantitative estimate of drug-likeness (QED) is 0.248. The van der Waals surface area contributed by atoms with Gasteiger partial charge in [-0.1, -0.05) is 66.8 Å². The highest BCUT2D eigenvalue weighted by molar-refractivity contribution is 7.21. The molecule has 0 aliphatic heterocycles. The van der Waals surface area contributed by atoms with Crippen molar-refractivity contribution >= 4 is 39.3 Å². The van der Waals surface area contributed by atoms with Crippen LogP contribution < -0.4 is 4.90 Å². The van der Waals surface area contributed by atoms with Gasteiger partial charge in [-0.3, -0.25) is 0 Å². The normalized spacial score (nSPS) is 11.5. The van der Waals surface area contributed by atoms with Gasteiger partial charge in [0, 0.05) is 42.9 Å². The summed E-state index contributed by atoms with van der Waals surface area (Å²) in [6, 6.07) is 30.1. The lowest BCUT2D eigenvalue weighted by Crippen LogP contribution is -2.07. The van der Waals surface area contributed by atoms with E-state index >= 15 is 0 Å². The molecule has 1 aromatic heterocycles. The molecule has 0 bridgehead atoms. The lowest BCUT2D eigenvalue weighted by atomic mass is 10.1. The van der Waals surface area contributed by atoms with Crippen molar-refractivity contribution in [2.75, 3.05) is 19.0 Å². The van der Waals surface area contributed by atoms with Gasteiger partial charge >= 0.3 is 0 Å². The number of benzene rings is 3. The summed E-state index contributed by atoms with van der Waals surface area (Å²) in [5.41, 5.74) is 4.91. The lowest BCUT2D eigenvalue weighted by Gasteiger charge is -2.11. The summed E-state index contributed by atoms with van der Waals surface area (Å²) < 4.78 is 1.30. The van der Waals surface area contributed by atoms with Crippen LogP contribution in [0.2, 0.25) is 0 Å². The summed E-state index contributed by atoms with van der Waals surface area (Å²) in [5, 5.41) is 1.29. The third-order valence-electron chi connectivity index (χ3n) is 4.85. The van der Waals surface area contributed by atoms with Crippen molar-refractivity contribution in [3.05, 3.63) is 108 Å². The summed E-state index contributed by atoms with van der Waals surface area (Å²) in [6.45, 7) is 0. The molecule has 0 fully saturated rings. The number of hydrogen-bond donors (Lipinski definition) is 0. The van der Waals surface area contributed by atoms with E-state index in [-0.39, 0.29) is 0 Å². The molecule has 4 rings (SSSR count). The van der Waals surface area contributed by atoms with Crippen molar-refractivity contribution in [2.24, 2.45) is 0 Å². The number of anilines is 1. The van der Waals surface area contributed by atoms with Crippen molar-refractivity contribution in [3.63, 3.8) is 0 Å². The molecule has 4 aromatic rings. The Morgan fingerprint density at radius 2 is 1.41 bits per heavy atom. The van der Waals surface area contributed by atoms with Crippen molar-refractivity contribution in [3.8, 4) is 10.4 Å². The zero-order valence-electron chi connectivity index (χ0n) is 16.7. The highest BCUT2D eigenvalue weighted by Gasteiger charge is 2.15. The molecule has 0 saturated carbocycles. The monoisotopic (exact) mass is 394 g/mol. The van der Waals surface area contributed by atoms with Crippen molar-refractivity contribution < 1.29 is 0 Å². The van der Waals surface area contributed by atoms with Crippen LogP contribution in [0.3, 0.4) is 0 Å². The van der Waals surface area contributed by atoms with Crippen LogP contribution in [0.4, 0.5) is 5.69 Å². The van der Waals surface area contributed by atoms with Gasteiger partial charge in [0.15, 0.2) is 0 Å². The number of rotatable bonds is 5. The van der Waals surface area contributed by atoms with Crippen LogP contribution >= 0.6 is 11.3 Å². The first-order chi connectivity index (χ1) is 14.2. The Morgan fingerprint density at radius 1 is 0.724 bits per heavy atom. The molecule has 0 amide bonds. The van der Waals surface area contributed by atoms with Crippen LogP contribution in [0.15, 0.2) is 97.1 Å². The molecule has 0 N–H and O–H groups in total. The van der Waals surface area contributed by atoms with Gasteiger partial charge in [0.25, 0.3) is 0 Å². The molecule has 0 spiro atoms. The average molecular weight is 395 g/mol. The molecule has 29 heavy (non-hydrogen) atoms. The van der Waals surface area contributed by atoms with E-state index in [1.807, 2.05) is 11.3 Å². The lowest BCUT2D eigenvalue weighted by molar-refractivity contribution is 1.13. The van der Waals surface area contributed by atoms with E-state index in [9.17, 15) is 0 Å². The van der Waals surface area contributed by atoms with E-state index in [1.165, 1.54) is 37.3 Å². The fraction of sp³-hybridized carbons (Fsp3) is 0.0741. The van der Waals surface area contributed by atoms with Gasteiger partial charge < -0.3 is 4.90 Å². The Hall–Kier alpha value is -3.23. The summed E-state index contributed by atoms with van der Waals surface area (Å²) in [7, 11) is 4.12. The summed E-state index contributed by atoms with van der Waals surface area (Å²) >= 11 is 1.84. The zero-order valence-corrected chi connectivity index (χ0v) is 17.6. The number of nitrogens with zero attached hydrogens (tertiary/aromatic N) is 1. The zero-order chi connectivity index (χ0) is 20.1. The van der Waals surface area contributed by atoms with Gasteiger partial charge in [0.1, 0.15) is 0 Å². The number of allylic oxidation sites excluding steroid dienone is 2. The Balaban J connectivity index is 1.62.